The Bertz CT molecular complexity index is 398. The number of rotatable bonds is 3. The van der Waals surface area contributed by atoms with E-state index >= 15 is 0 Å². The van der Waals surface area contributed by atoms with Gasteiger partial charge in [-0.2, -0.15) is 5.26 Å². The van der Waals surface area contributed by atoms with Crippen molar-refractivity contribution < 1.29 is 4.79 Å². The van der Waals surface area contributed by atoms with Crippen LogP contribution in [0.3, 0.4) is 0 Å². The van der Waals surface area contributed by atoms with Crippen molar-refractivity contribution in [1.82, 2.24) is 5.32 Å². The first-order valence-electron chi connectivity index (χ1n) is 4.63. The van der Waals surface area contributed by atoms with E-state index in [1.807, 2.05) is 19.1 Å². The molecule has 0 saturated heterocycles. The minimum absolute atomic E-state index is 0.218. The van der Waals surface area contributed by atoms with Crippen LogP contribution in [0.2, 0.25) is 0 Å². The van der Waals surface area contributed by atoms with Gasteiger partial charge in [-0.1, -0.05) is 28.9 Å². The van der Waals surface area contributed by atoms with Crippen molar-refractivity contribution in [3.63, 3.8) is 0 Å². The molecule has 78 valence electrons. The number of hydrogen-bond donors (Lipinski definition) is 1. The predicted octanol–water partition coefficient (Wildman–Crippen LogP) is 2.48. The van der Waals surface area contributed by atoms with Crippen LogP contribution in [0.5, 0.6) is 0 Å². The maximum absolute atomic E-state index is 11.6. The molecule has 1 aromatic carbocycles. The highest BCUT2D eigenvalue weighted by Gasteiger charge is 2.10. The van der Waals surface area contributed by atoms with E-state index in [-0.39, 0.29) is 5.91 Å². The summed E-state index contributed by atoms with van der Waals surface area (Å²) in [6, 6.07) is 8.67. The molecule has 0 spiro atoms. The molecule has 0 saturated carbocycles. The Kier molecular flexibility index (Phi) is 4.32. The summed E-state index contributed by atoms with van der Waals surface area (Å²) >= 11 is 3.29. The highest BCUT2D eigenvalue weighted by atomic mass is 79.9. The first kappa shape index (κ1) is 11.7. The Morgan fingerprint density at radius 2 is 2.40 bits per heavy atom. The van der Waals surface area contributed by atoms with E-state index in [0.29, 0.717) is 12.0 Å². The Morgan fingerprint density at radius 1 is 1.67 bits per heavy atom. The Morgan fingerprint density at radius 3 is 2.93 bits per heavy atom. The van der Waals surface area contributed by atoms with E-state index in [2.05, 4.69) is 21.2 Å². The quantitative estimate of drug-likeness (QED) is 0.914. The molecule has 0 aromatic heterocycles. The van der Waals surface area contributed by atoms with Crippen molar-refractivity contribution >= 4 is 21.8 Å². The van der Waals surface area contributed by atoms with Gasteiger partial charge in [-0.05, 0) is 24.6 Å². The minimum Gasteiger partial charge on any atom is -0.336 e. The van der Waals surface area contributed by atoms with E-state index in [9.17, 15) is 4.79 Å². The third-order valence-electron chi connectivity index (χ3n) is 1.96. The SMILES string of the molecule is CCC(C#N)NC(=O)c1cccc(Br)c1. The number of amides is 1. The van der Waals surface area contributed by atoms with Crippen molar-refractivity contribution in [2.24, 2.45) is 0 Å². The molecular weight excluding hydrogens is 256 g/mol. The van der Waals surface area contributed by atoms with Gasteiger partial charge in [0.05, 0.1) is 6.07 Å². The predicted molar refractivity (Wildman–Crippen MR) is 61.3 cm³/mol. The Balaban J connectivity index is 2.74. The molecule has 0 aliphatic carbocycles. The zero-order valence-corrected chi connectivity index (χ0v) is 9.91. The lowest BCUT2D eigenvalue weighted by Crippen LogP contribution is -2.33. The molecule has 0 aliphatic rings. The Hall–Kier alpha value is -1.34. The number of carbonyl (C=O) groups excluding carboxylic acids is 1. The van der Waals surface area contributed by atoms with Gasteiger partial charge in [0.2, 0.25) is 0 Å². The molecule has 1 N–H and O–H groups in total. The second-order valence-corrected chi connectivity index (χ2v) is 3.99. The molecule has 0 radical (unpaired) electrons. The molecule has 0 aliphatic heterocycles. The second kappa shape index (κ2) is 5.52. The van der Waals surface area contributed by atoms with Gasteiger partial charge in [-0.25, -0.2) is 0 Å². The lowest BCUT2D eigenvalue weighted by atomic mass is 10.2. The number of carbonyl (C=O) groups is 1. The van der Waals surface area contributed by atoms with E-state index < -0.39 is 6.04 Å². The minimum atomic E-state index is -0.420. The van der Waals surface area contributed by atoms with Crippen molar-refractivity contribution in [3.05, 3.63) is 34.3 Å². The first-order chi connectivity index (χ1) is 7.17. The van der Waals surface area contributed by atoms with Crippen LogP contribution in [0, 0.1) is 11.3 Å². The molecular formula is C11H11BrN2O. The number of nitrogens with zero attached hydrogens (tertiary/aromatic N) is 1. The topological polar surface area (TPSA) is 52.9 Å². The van der Waals surface area contributed by atoms with E-state index in [4.69, 9.17) is 5.26 Å². The van der Waals surface area contributed by atoms with Crippen LogP contribution < -0.4 is 5.32 Å². The largest absolute Gasteiger partial charge is 0.336 e. The molecule has 3 nitrogen and oxygen atoms in total. The molecule has 0 fully saturated rings. The maximum Gasteiger partial charge on any atom is 0.252 e. The van der Waals surface area contributed by atoms with Crippen LogP contribution in [0.4, 0.5) is 0 Å². The van der Waals surface area contributed by atoms with E-state index in [1.54, 1.807) is 18.2 Å². The summed E-state index contributed by atoms with van der Waals surface area (Å²) in [7, 11) is 0. The number of benzene rings is 1. The van der Waals surface area contributed by atoms with Gasteiger partial charge in [0.15, 0.2) is 0 Å². The van der Waals surface area contributed by atoms with Crippen molar-refractivity contribution in [1.29, 1.82) is 5.26 Å². The van der Waals surface area contributed by atoms with Crippen LogP contribution in [0.1, 0.15) is 23.7 Å². The highest BCUT2D eigenvalue weighted by Crippen LogP contribution is 2.11. The van der Waals surface area contributed by atoms with Crippen molar-refractivity contribution in [2.75, 3.05) is 0 Å². The molecule has 1 aromatic rings. The van der Waals surface area contributed by atoms with Gasteiger partial charge < -0.3 is 5.32 Å². The van der Waals surface area contributed by atoms with Crippen LogP contribution in [-0.4, -0.2) is 11.9 Å². The molecule has 0 bridgehead atoms. The summed E-state index contributed by atoms with van der Waals surface area (Å²) in [4.78, 5) is 11.6. The normalized spacial score (nSPS) is 11.5. The second-order valence-electron chi connectivity index (χ2n) is 3.07. The number of nitriles is 1. The smallest absolute Gasteiger partial charge is 0.252 e. The van der Waals surface area contributed by atoms with Crippen molar-refractivity contribution in [3.8, 4) is 6.07 Å². The highest BCUT2D eigenvalue weighted by molar-refractivity contribution is 9.10. The third kappa shape index (κ3) is 3.37. The van der Waals surface area contributed by atoms with Gasteiger partial charge in [0.1, 0.15) is 6.04 Å². The fourth-order valence-corrected chi connectivity index (χ4v) is 1.50. The molecule has 1 unspecified atom stereocenters. The van der Waals surface area contributed by atoms with E-state index in [1.165, 1.54) is 0 Å². The molecule has 15 heavy (non-hydrogen) atoms. The molecule has 1 rings (SSSR count). The average Bonchev–Trinajstić information content (AvgIpc) is 2.25. The molecule has 0 heterocycles. The van der Waals surface area contributed by atoms with E-state index in [0.717, 1.165) is 4.47 Å². The zero-order valence-electron chi connectivity index (χ0n) is 8.33. The summed E-state index contributed by atoms with van der Waals surface area (Å²) in [5, 5.41) is 11.3. The summed E-state index contributed by atoms with van der Waals surface area (Å²) in [5.41, 5.74) is 0.554. The third-order valence-corrected chi connectivity index (χ3v) is 2.45. The van der Waals surface area contributed by atoms with Crippen LogP contribution in [0.25, 0.3) is 0 Å². The average molecular weight is 267 g/mol. The maximum atomic E-state index is 11.6. The first-order valence-corrected chi connectivity index (χ1v) is 5.42. The molecule has 4 heteroatoms. The fourth-order valence-electron chi connectivity index (χ4n) is 1.10. The lowest BCUT2D eigenvalue weighted by molar-refractivity contribution is 0.0944. The van der Waals surface area contributed by atoms with Gasteiger partial charge in [0, 0.05) is 10.0 Å². The summed E-state index contributed by atoms with van der Waals surface area (Å²) in [6.45, 7) is 1.86. The lowest BCUT2D eigenvalue weighted by Gasteiger charge is -2.08. The van der Waals surface area contributed by atoms with Gasteiger partial charge in [-0.15, -0.1) is 0 Å². The fraction of sp³-hybridized carbons (Fsp3) is 0.273. The summed E-state index contributed by atoms with van der Waals surface area (Å²) in [6.07, 6.45) is 0.607. The monoisotopic (exact) mass is 266 g/mol. The molecule has 1 atom stereocenters. The van der Waals surface area contributed by atoms with Crippen LogP contribution >= 0.6 is 15.9 Å². The van der Waals surface area contributed by atoms with Crippen LogP contribution in [-0.2, 0) is 0 Å². The number of halogens is 1. The Labute approximate surface area is 97.2 Å². The summed E-state index contributed by atoms with van der Waals surface area (Å²) in [5.74, 6) is -0.218. The number of nitrogens with one attached hydrogen (secondary N) is 1. The van der Waals surface area contributed by atoms with Gasteiger partial charge >= 0.3 is 0 Å². The van der Waals surface area contributed by atoms with Gasteiger partial charge in [0.25, 0.3) is 5.91 Å². The number of hydrogen-bond acceptors (Lipinski definition) is 2. The van der Waals surface area contributed by atoms with Crippen LogP contribution in [0.15, 0.2) is 28.7 Å². The summed E-state index contributed by atoms with van der Waals surface area (Å²) < 4.78 is 0.847. The van der Waals surface area contributed by atoms with Crippen molar-refractivity contribution in [2.45, 2.75) is 19.4 Å². The molecule has 1 amide bonds. The standard InChI is InChI=1S/C11H11BrN2O/c1-2-10(7-13)14-11(15)8-4-3-5-9(12)6-8/h3-6,10H,2H2,1H3,(H,14,15). The van der Waals surface area contributed by atoms with Gasteiger partial charge in [-0.3, -0.25) is 4.79 Å². The zero-order chi connectivity index (χ0) is 11.3.